The Balaban J connectivity index is 1.96. The van der Waals surface area contributed by atoms with Crippen LogP contribution in [0.3, 0.4) is 0 Å². The largest absolute Gasteiger partial charge is 0.472 e. The van der Waals surface area contributed by atoms with Crippen LogP contribution in [0.4, 0.5) is 13.2 Å². The van der Waals surface area contributed by atoms with Gasteiger partial charge in [-0.15, -0.1) is 0 Å². The first kappa shape index (κ1) is 13.5. The molecule has 0 amide bonds. The second kappa shape index (κ2) is 5.34. The second-order valence-corrected chi connectivity index (χ2v) is 4.98. The van der Waals surface area contributed by atoms with Crippen LogP contribution in [0, 0.1) is 11.8 Å². The Morgan fingerprint density at radius 1 is 1.28 bits per heavy atom. The fraction of sp³-hybridized carbons (Fsp3) is 0.692. The molecule has 0 aromatic carbocycles. The van der Waals surface area contributed by atoms with Gasteiger partial charge in [0.05, 0.1) is 18.4 Å². The zero-order chi connectivity index (χ0) is 13.2. The smallest absolute Gasteiger partial charge is 0.391 e. The van der Waals surface area contributed by atoms with Gasteiger partial charge in [0.25, 0.3) is 0 Å². The van der Waals surface area contributed by atoms with Gasteiger partial charge in [-0.05, 0) is 44.7 Å². The molecule has 1 aromatic rings. The van der Waals surface area contributed by atoms with Crippen molar-refractivity contribution in [2.45, 2.75) is 37.9 Å². The van der Waals surface area contributed by atoms with E-state index in [0.717, 1.165) is 5.56 Å². The summed E-state index contributed by atoms with van der Waals surface area (Å²) >= 11 is 0. The molecule has 1 aromatic heterocycles. The summed E-state index contributed by atoms with van der Waals surface area (Å²) in [6.07, 6.45) is 0.934. The Labute approximate surface area is 105 Å². The summed E-state index contributed by atoms with van der Waals surface area (Å²) in [7, 11) is 1.84. The second-order valence-electron chi connectivity index (χ2n) is 4.98. The SMILES string of the molecule is CNC(c1ccoc1)C1CCC(C(F)(F)F)CC1. The van der Waals surface area contributed by atoms with E-state index >= 15 is 0 Å². The Bertz CT molecular complexity index is 353. The highest BCUT2D eigenvalue weighted by Gasteiger charge is 2.42. The fourth-order valence-electron chi connectivity index (χ4n) is 2.91. The predicted octanol–water partition coefficient (Wildman–Crippen LogP) is 3.91. The van der Waals surface area contributed by atoms with Crippen LogP contribution in [0.15, 0.2) is 23.0 Å². The van der Waals surface area contributed by atoms with Gasteiger partial charge in [-0.2, -0.15) is 13.2 Å². The number of hydrogen-bond donors (Lipinski definition) is 1. The van der Waals surface area contributed by atoms with Gasteiger partial charge in [-0.3, -0.25) is 0 Å². The molecule has 1 atom stereocenters. The van der Waals surface area contributed by atoms with Crippen LogP contribution in [-0.4, -0.2) is 13.2 Å². The van der Waals surface area contributed by atoms with Crippen molar-refractivity contribution < 1.29 is 17.6 Å². The molecule has 2 nitrogen and oxygen atoms in total. The van der Waals surface area contributed by atoms with Crippen molar-refractivity contribution >= 4 is 0 Å². The van der Waals surface area contributed by atoms with Gasteiger partial charge in [0.15, 0.2) is 0 Å². The Kier molecular flexibility index (Phi) is 4.00. The topological polar surface area (TPSA) is 25.2 Å². The van der Waals surface area contributed by atoms with Gasteiger partial charge in [0, 0.05) is 11.6 Å². The van der Waals surface area contributed by atoms with E-state index in [1.807, 2.05) is 13.1 Å². The summed E-state index contributed by atoms with van der Waals surface area (Å²) in [5.41, 5.74) is 1.02. The molecule has 1 N–H and O–H groups in total. The maximum Gasteiger partial charge on any atom is 0.391 e. The Morgan fingerprint density at radius 3 is 2.39 bits per heavy atom. The number of furan rings is 1. The third-order valence-corrected chi connectivity index (χ3v) is 3.92. The van der Waals surface area contributed by atoms with Crippen LogP contribution in [0.1, 0.15) is 37.3 Å². The van der Waals surface area contributed by atoms with Gasteiger partial charge in [-0.25, -0.2) is 0 Å². The van der Waals surface area contributed by atoms with E-state index in [9.17, 15) is 13.2 Å². The van der Waals surface area contributed by atoms with E-state index in [0.29, 0.717) is 12.8 Å². The van der Waals surface area contributed by atoms with Gasteiger partial charge in [-0.1, -0.05) is 0 Å². The first-order valence-electron chi connectivity index (χ1n) is 6.28. The van der Waals surface area contributed by atoms with Crippen molar-refractivity contribution in [3.63, 3.8) is 0 Å². The molecule has 0 aliphatic heterocycles. The predicted molar refractivity (Wildman–Crippen MR) is 62.0 cm³/mol. The van der Waals surface area contributed by atoms with Crippen molar-refractivity contribution in [2.24, 2.45) is 11.8 Å². The first-order chi connectivity index (χ1) is 8.52. The molecule has 2 rings (SSSR count). The van der Waals surface area contributed by atoms with Crippen LogP contribution in [0.2, 0.25) is 0 Å². The first-order valence-corrected chi connectivity index (χ1v) is 6.28. The molecule has 1 aliphatic rings. The van der Waals surface area contributed by atoms with Crippen LogP contribution >= 0.6 is 0 Å². The zero-order valence-corrected chi connectivity index (χ0v) is 10.3. The molecule has 1 fully saturated rings. The maximum absolute atomic E-state index is 12.6. The molecule has 1 heterocycles. The van der Waals surface area contributed by atoms with Gasteiger partial charge < -0.3 is 9.73 Å². The molecule has 18 heavy (non-hydrogen) atoms. The lowest BCUT2D eigenvalue weighted by atomic mass is 9.77. The van der Waals surface area contributed by atoms with Crippen molar-refractivity contribution in [3.8, 4) is 0 Å². The minimum Gasteiger partial charge on any atom is -0.472 e. The van der Waals surface area contributed by atoms with Crippen LogP contribution in [-0.2, 0) is 0 Å². The molecule has 0 radical (unpaired) electrons. The Hall–Kier alpha value is -0.970. The summed E-state index contributed by atoms with van der Waals surface area (Å²) < 4.78 is 42.8. The van der Waals surface area contributed by atoms with Crippen LogP contribution < -0.4 is 5.32 Å². The zero-order valence-electron chi connectivity index (χ0n) is 10.3. The average Bonchev–Trinajstić information content (AvgIpc) is 2.83. The van der Waals surface area contributed by atoms with Crippen LogP contribution in [0.5, 0.6) is 0 Å². The third-order valence-electron chi connectivity index (χ3n) is 3.92. The molecule has 5 heteroatoms. The maximum atomic E-state index is 12.6. The lowest BCUT2D eigenvalue weighted by Gasteiger charge is -2.34. The van der Waals surface area contributed by atoms with Crippen molar-refractivity contribution in [1.29, 1.82) is 0 Å². The minimum atomic E-state index is -4.03. The molecular formula is C13H18F3NO. The molecule has 102 valence electrons. The molecule has 0 bridgehead atoms. The molecule has 0 saturated heterocycles. The standard InChI is InChI=1S/C13H18F3NO/c1-17-12(10-6-7-18-8-10)9-2-4-11(5-3-9)13(14,15)16/h6-9,11-12,17H,2-5H2,1H3. The van der Waals surface area contributed by atoms with Gasteiger partial charge >= 0.3 is 6.18 Å². The monoisotopic (exact) mass is 261 g/mol. The highest BCUT2D eigenvalue weighted by atomic mass is 19.4. The summed E-state index contributed by atoms with van der Waals surface area (Å²) in [6.45, 7) is 0. The van der Waals surface area contributed by atoms with Crippen molar-refractivity contribution in [3.05, 3.63) is 24.2 Å². The third kappa shape index (κ3) is 2.88. The molecule has 1 aliphatic carbocycles. The van der Waals surface area contributed by atoms with E-state index in [4.69, 9.17) is 4.42 Å². The number of nitrogens with one attached hydrogen (secondary N) is 1. The van der Waals surface area contributed by atoms with Crippen molar-refractivity contribution in [2.75, 3.05) is 7.05 Å². The van der Waals surface area contributed by atoms with Gasteiger partial charge in [0.1, 0.15) is 0 Å². The normalized spacial score (nSPS) is 27.1. The summed E-state index contributed by atoms with van der Waals surface area (Å²) in [4.78, 5) is 0. The van der Waals surface area contributed by atoms with E-state index < -0.39 is 12.1 Å². The number of halogens is 3. The van der Waals surface area contributed by atoms with Gasteiger partial charge in [0.2, 0.25) is 0 Å². The van der Waals surface area contributed by atoms with Crippen LogP contribution in [0.25, 0.3) is 0 Å². The number of hydrogen-bond acceptors (Lipinski definition) is 2. The Morgan fingerprint density at radius 2 is 1.94 bits per heavy atom. The number of alkyl halides is 3. The molecule has 0 spiro atoms. The highest BCUT2D eigenvalue weighted by molar-refractivity contribution is 5.13. The molecule has 1 unspecified atom stereocenters. The minimum absolute atomic E-state index is 0.0953. The quantitative estimate of drug-likeness (QED) is 0.892. The van der Waals surface area contributed by atoms with E-state index in [2.05, 4.69) is 5.32 Å². The summed E-state index contributed by atoms with van der Waals surface area (Å²) in [5.74, 6) is -0.859. The summed E-state index contributed by atoms with van der Waals surface area (Å²) in [6, 6.07) is 1.97. The number of rotatable bonds is 3. The summed E-state index contributed by atoms with van der Waals surface area (Å²) in [5, 5.41) is 3.19. The van der Waals surface area contributed by atoms with E-state index in [1.54, 1.807) is 12.5 Å². The van der Waals surface area contributed by atoms with E-state index in [1.165, 1.54) is 0 Å². The highest BCUT2D eigenvalue weighted by Crippen LogP contribution is 2.43. The fourth-order valence-corrected chi connectivity index (χ4v) is 2.91. The molecular weight excluding hydrogens is 243 g/mol. The average molecular weight is 261 g/mol. The lowest BCUT2D eigenvalue weighted by molar-refractivity contribution is -0.184. The van der Waals surface area contributed by atoms with Crippen molar-refractivity contribution in [1.82, 2.24) is 5.32 Å². The lowest BCUT2D eigenvalue weighted by Crippen LogP contribution is -2.33. The van der Waals surface area contributed by atoms with E-state index in [-0.39, 0.29) is 24.8 Å². The molecule has 1 saturated carbocycles.